The Hall–Kier alpha value is -9.25. The summed E-state index contributed by atoms with van der Waals surface area (Å²) in [6, 6.07) is 14.0. The third kappa shape index (κ3) is 17.7. The zero-order chi connectivity index (χ0) is 67.2. The maximum atomic E-state index is 14.4. The molecule has 0 fully saturated rings. The van der Waals surface area contributed by atoms with Gasteiger partial charge in [0.1, 0.15) is 38.7 Å². The monoisotopic (exact) mass is 1330 g/mol. The smallest absolute Gasteiger partial charge is 0.457 e. The molecule has 2 aromatic carbocycles. The van der Waals surface area contributed by atoms with E-state index >= 15 is 0 Å². The standard InChI is InChI=1S/C60H74N14O17S2/c1-6-60(45-25-49-52-43(30-73(49)56(79)44(45)32-89-57(60)80)41(42-11-7-8-12-46(42)70-52)18-21-74(36(2)3)93(5,84)85)91-59(81)90-31-37-14-16-40(17-15-37)68-54(78)47(13-9-10-19-61)69-51(76)35-87-34-50(75)64-20-23-86-24-22-72(63)29-39(62)28-65-53(77)48-33-88-55(71-48)38-26-66-58(67-27-38)92(4,82)83/h7-8,11-12,14-17,25-27,29,33,36,47H,6,9-10,13,18-24,28,30-32,34-35,61-63H2,1-5H3,(H,64,75)(H,65,77)(H,68,78)(H,69,76)/b39-29-/t47-,60-/m0/s1. The van der Waals surface area contributed by atoms with Gasteiger partial charge in [-0.15, -0.1) is 0 Å². The van der Waals surface area contributed by atoms with Crippen molar-refractivity contribution in [1.29, 1.82) is 0 Å². The molecule has 33 heteroatoms. The number of nitrogens with one attached hydrogen (secondary N) is 4. The summed E-state index contributed by atoms with van der Waals surface area (Å²) in [7, 11) is -7.16. The molecule has 93 heavy (non-hydrogen) atoms. The van der Waals surface area contributed by atoms with Gasteiger partial charge < -0.3 is 70.4 Å². The molecule has 8 rings (SSSR count). The van der Waals surface area contributed by atoms with E-state index in [4.69, 9.17) is 50.4 Å². The molecular formula is C60H74N14O17S2. The number of hydrogen-bond donors (Lipinski definition) is 7. The summed E-state index contributed by atoms with van der Waals surface area (Å²) < 4.78 is 84.7. The number of hydrazine groups is 1. The molecule has 0 radical (unpaired) electrons. The highest BCUT2D eigenvalue weighted by Gasteiger charge is 2.51. The number of carbonyl (C=O) groups excluding carboxylic acids is 6. The fourth-order valence-corrected chi connectivity index (χ4v) is 12.0. The van der Waals surface area contributed by atoms with Gasteiger partial charge >= 0.3 is 12.1 Å². The van der Waals surface area contributed by atoms with Crippen molar-refractivity contribution in [1.82, 2.24) is 49.8 Å². The zero-order valence-corrected chi connectivity index (χ0v) is 53.4. The number of esters is 1. The van der Waals surface area contributed by atoms with Gasteiger partial charge in [-0.2, -0.15) is 4.31 Å². The molecule has 0 saturated heterocycles. The lowest BCUT2D eigenvalue weighted by molar-refractivity contribution is -0.175. The molecule has 2 aliphatic heterocycles. The Balaban J connectivity index is 0.761. The van der Waals surface area contributed by atoms with E-state index < -0.39 is 86.0 Å². The molecule has 0 saturated carbocycles. The number of amides is 4. The Morgan fingerprint density at radius 2 is 1.63 bits per heavy atom. The van der Waals surface area contributed by atoms with Gasteiger partial charge in [0.2, 0.25) is 54.2 Å². The number of carbonyl (C=O) groups is 6. The van der Waals surface area contributed by atoms with Crippen LogP contribution < -0.4 is 44.1 Å². The molecule has 6 heterocycles. The van der Waals surface area contributed by atoms with Gasteiger partial charge in [0.25, 0.3) is 11.5 Å². The predicted molar refractivity (Wildman–Crippen MR) is 335 cm³/mol. The number of hydrogen-bond acceptors (Lipinski definition) is 25. The van der Waals surface area contributed by atoms with Gasteiger partial charge in [0.05, 0.1) is 67.1 Å². The predicted octanol–water partition coefficient (Wildman–Crippen LogP) is 1.61. The van der Waals surface area contributed by atoms with Gasteiger partial charge in [0.15, 0.2) is 5.69 Å². The maximum absolute atomic E-state index is 14.4. The molecule has 0 bridgehead atoms. The van der Waals surface area contributed by atoms with E-state index in [1.54, 1.807) is 51.1 Å². The van der Waals surface area contributed by atoms with Gasteiger partial charge in [-0.05, 0) is 87.9 Å². The van der Waals surface area contributed by atoms with Crippen molar-refractivity contribution in [2.24, 2.45) is 17.3 Å². The summed E-state index contributed by atoms with van der Waals surface area (Å²) in [5.74, 6) is 2.72. The van der Waals surface area contributed by atoms with E-state index in [2.05, 4.69) is 36.2 Å². The number of benzene rings is 2. The van der Waals surface area contributed by atoms with Gasteiger partial charge in [-0.25, -0.2) is 52.2 Å². The number of anilines is 1. The molecule has 4 aromatic heterocycles. The number of sulfone groups is 1. The largest absolute Gasteiger partial charge is 0.510 e. The van der Waals surface area contributed by atoms with E-state index in [0.29, 0.717) is 54.0 Å². The first kappa shape index (κ1) is 69.6. The summed E-state index contributed by atoms with van der Waals surface area (Å²) in [6.45, 7) is 4.59. The lowest BCUT2D eigenvalue weighted by atomic mass is 9.85. The number of unbranched alkanes of at least 4 members (excludes halogenated alkanes) is 1. The van der Waals surface area contributed by atoms with E-state index in [-0.39, 0.29) is 117 Å². The number of pyridine rings is 2. The highest BCUT2D eigenvalue weighted by Crippen LogP contribution is 2.42. The number of nitrogens with zero attached hydrogens (tertiary/aromatic N) is 7. The van der Waals surface area contributed by atoms with E-state index in [1.165, 1.54) is 38.7 Å². The number of ether oxygens (including phenoxy) is 5. The van der Waals surface area contributed by atoms with Crippen LogP contribution in [0, 0.1) is 0 Å². The Kier molecular flexibility index (Phi) is 23.1. The Morgan fingerprint density at radius 3 is 2.33 bits per heavy atom. The number of sulfonamides is 1. The van der Waals surface area contributed by atoms with Crippen LogP contribution >= 0.6 is 0 Å². The fraction of sp³-hybridized carbons (Fsp3) is 0.417. The second-order valence-corrected chi connectivity index (χ2v) is 25.9. The van der Waals surface area contributed by atoms with Crippen LogP contribution in [0.15, 0.2) is 99.5 Å². The second-order valence-electron chi connectivity index (χ2n) is 22.1. The summed E-state index contributed by atoms with van der Waals surface area (Å²) in [6.07, 6.45) is 7.31. The highest BCUT2D eigenvalue weighted by atomic mass is 32.2. The summed E-state index contributed by atoms with van der Waals surface area (Å²) in [5.41, 5.74) is 13.6. The molecule has 0 spiro atoms. The molecule has 2 atom stereocenters. The summed E-state index contributed by atoms with van der Waals surface area (Å²) >= 11 is 0. The van der Waals surface area contributed by atoms with Crippen LogP contribution in [0.3, 0.4) is 0 Å². The minimum atomic E-state index is -3.61. The number of nitrogens with two attached hydrogens (primary N) is 3. The molecule has 10 N–H and O–H groups in total. The van der Waals surface area contributed by atoms with Crippen molar-refractivity contribution >= 4 is 72.2 Å². The first-order chi connectivity index (χ1) is 44.3. The molecule has 6 aromatic rings. The summed E-state index contributed by atoms with van der Waals surface area (Å²) in [4.78, 5) is 110. The van der Waals surface area contributed by atoms with Crippen molar-refractivity contribution in [2.45, 2.75) is 95.5 Å². The third-order valence-corrected chi connectivity index (χ3v) is 17.3. The highest BCUT2D eigenvalue weighted by molar-refractivity contribution is 7.90. The quantitative estimate of drug-likeness (QED) is 0.0104. The topological polar surface area (TPSA) is 436 Å². The molecule has 4 amide bonds. The van der Waals surface area contributed by atoms with Gasteiger partial charge in [-0.3, -0.25) is 24.0 Å². The van der Waals surface area contributed by atoms with Crippen LogP contribution in [0.25, 0.3) is 33.7 Å². The van der Waals surface area contributed by atoms with Gasteiger partial charge in [0, 0.05) is 71.9 Å². The Bertz CT molecular complexity index is 4070. The number of aromatic nitrogens is 5. The fourth-order valence-electron chi connectivity index (χ4n) is 10.4. The lowest BCUT2D eigenvalue weighted by Crippen LogP contribution is -2.47. The van der Waals surface area contributed by atoms with E-state index in [9.17, 15) is 50.4 Å². The van der Waals surface area contributed by atoms with E-state index in [1.807, 2.05) is 24.3 Å². The lowest BCUT2D eigenvalue weighted by Gasteiger charge is -2.35. The van der Waals surface area contributed by atoms with Crippen LogP contribution in [0.2, 0.25) is 0 Å². The number of fused-ring (bicyclic) bond motifs is 5. The van der Waals surface area contributed by atoms with Crippen LogP contribution in [0.5, 0.6) is 0 Å². The Morgan fingerprint density at radius 1 is 0.903 bits per heavy atom. The van der Waals surface area contributed by atoms with Crippen molar-refractivity contribution in [3.05, 3.63) is 129 Å². The molecule has 2 aliphatic rings. The first-order valence-electron chi connectivity index (χ1n) is 29.5. The van der Waals surface area contributed by atoms with Crippen molar-refractivity contribution in [3.8, 4) is 22.8 Å². The molecule has 0 unspecified atom stereocenters. The van der Waals surface area contributed by atoms with Crippen LogP contribution in [0.1, 0.15) is 84.8 Å². The Labute approximate surface area is 535 Å². The van der Waals surface area contributed by atoms with Crippen molar-refractivity contribution < 1.29 is 73.7 Å². The maximum Gasteiger partial charge on any atom is 0.510 e. The van der Waals surface area contributed by atoms with Crippen molar-refractivity contribution in [2.75, 3.05) is 77.0 Å². The number of oxazole rings is 1. The minimum absolute atomic E-state index is 0.00594. The van der Waals surface area contributed by atoms with Crippen molar-refractivity contribution in [3.63, 3.8) is 0 Å². The van der Waals surface area contributed by atoms with Gasteiger partial charge in [-0.1, -0.05) is 37.3 Å². The van der Waals surface area contributed by atoms with E-state index in [0.717, 1.165) is 29.0 Å². The number of cyclic esters (lactones) is 1. The average Bonchev–Trinajstić information content (AvgIpc) is 1.65. The van der Waals surface area contributed by atoms with Crippen LogP contribution in [0.4, 0.5) is 10.5 Å². The molecule has 498 valence electrons. The van der Waals surface area contributed by atoms with Crippen LogP contribution in [-0.4, -0.2) is 170 Å². The first-order valence-corrected chi connectivity index (χ1v) is 33.3. The molecular weight excluding hydrogens is 1250 g/mol. The number of rotatable bonds is 32. The normalized spacial score (nSPS) is 14.8. The van der Waals surface area contributed by atoms with Crippen LogP contribution in [-0.2, 0) is 94.5 Å². The number of para-hydroxylation sites is 1. The molecule has 31 nitrogen and oxygen atoms in total. The molecule has 0 aliphatic carbocycles. The SMILES string of the molecule is CC[C@@]1(OC(=O)OCc2ccc(NC(=O)[C@H](CCCCN)NC(=O)COCC(=O)NCCOCCN(N)/C=C(\N)CNC(=O)c3coc(-c4cnc(S(C)(=O)=O)nc4)n3)cc2)C(=O)OCc2c1cc1n(c2=O)Cc2c-1nc1ccccc1c2CCN(C(C)C)S(C)(=O)=O. The minimum Gasteiger partial charge on any atom is -0.457 e. The second kappa shape index (κ2) is 30.9. The summed E-state index contributed by atoms with van der Waals surface area (Å²) in [5, 5.41) is 12.3. The average molecular weight is 1330 g/mol. The third-order valence-electron chi connectivity index (χ3n) is 15.0. The zero-order valence-electron chi connectivity index (χ0n) is 51.8.